The third-order valence-corrected chi connectivity index (χ3v) is 6.03. The molecule has 16 heteroatoms. The molecule has 38 heavy (non-hydrogen) atoms. The highest BCUT2D eigenvalue weighted by Gasteiger charge is 2.30. The minimum absolute atomic E-state index is 0.00804. The number of carbonyl (C=O) groups is 5. The summed E-state index contributed by atoms with van der Waals surface area (Å²) in [5.41, 5.74) is 21.8. The van der Waals surface area contributed by atoms with Gasteiger partial charge in [-0.25, -0.2) is 4.79 Å². The topological polar surface area (TPSA) is 278 Å². The fourth-order valence-electron chi connectivity index (χ4n) is 3.27. The zero-order valence-electron chi connectivity index (χ0n) is 21.7. The zero-order valence-corrected chi connectivity index (χ0v) is 22.5. The summed E-state index contributed by atoms with van der Waals surface area (Å²) >= 11 is 1.44. The number of aliphatic imine (C=N–C) groups is 1. The van der Waals surface area contributed by atoms with Crippen LogP contribution in [-0.2, 0) is 24.0 Å². The molecule has 0 spiro atoms. The van der Waals surface area contributed by atoms with Gasteiger partial charge < -0.3 is 49.1 Å². The van der Waals surface area contributed by atoms with Gasteiger partial charge in [0.1, 0.15) is 18.1 Å². The van der Waals surface area contributed by atoms with E-state index in [1.165, 1.54) is 11.8 Å². The molecule has 0 saturated heterocycles. The molecule has 0 aliphatic rings. The fraction of sp³-hybridized carbons (Fsp3) is 0.727. The number of carbonyl (C=O) groups excluding carboxylic acids is 3. The standard InChI is InChI=1S/C22H42N8O7S/c1-38-12-9-15(28-18(33)13(24)5-2-3-10-23)20(35)29-14(7-8-17(31)32)19(34)30-16(21(36)37)6-4-11-27-22(25)26/h13-16H,2-12,23-24H2,1H3,(H,28,33)(H,29,35)(H,30,34)(H,31,32)(H,36,37)(H4,25,26,27). The van der Waals surface area contributed by atoms with Crippen molar-refractivity contribution in [3.05, 3.63) is 0 Å². The molecule has 0 aliphatic heterocycles. The van der Waals surface area contributed by atoms with E-state index in [0.717, 1.165) is 0 Å². The molecule has 0 saturated carbocycles. The Morgan fingerprint density at radius 1 is 0.816 bits per heavy atom. The smallest absolute Gasteiger partial charge is 0.326 e. The molecule has 15 nitrogen and oxygen atoms in total. The number of hydrogen-bond acceptors (Lipinski definition) is 9. The number of nitrogens with zero attached hydrogens (tertiary/aromatic N) is 1. The molecule has 0 radical (unpaired) electrons. The van der Waals surface area contributed by atoms with E-state index in [0.29, 0.717) is 31.6 Å². The number of carboxylic acid groups (broad SMARTS) is 2. The van der Waals surface area contributed by atoms with Gasteiger partial charge in [0.05, 0.1) is 6.04 Å². The van der Waals surface area contributed by atoms with Gasteiger partial charge in [-0.1, -0.05) is 6.42 Å². The van der Waals surface area contributed by atoms with Crippen LogP contribution in [-0.4, -0.2) is 95.1 Å². The van der Waals surface area contributed by atoms with Crippen molar-refractivity contribution in [1.29, 1.82) is 0 Å². The van der Waals surface area contributed by atoms with E-state index in [-0.39, 0.29) is 38.2 Å². The molecule has 0 aliphatic carbocycles. The summed E-state index contributed by atoms with van der Waals surface area (Å²) in [6.45, 7) is 0.609. The van der Waals surface area contributed by atoms with E-state index in [4.69, 9.17) is 28.0 Å². The molecule has 3 amide bonds. The SMILES string of the molecule is CSCCC(NC(=O)C(N)CCCCN)C(=O)NC(CCC(=O)O)C(=O)NC(CCCN=C(N)N)C(=O)O. The van der Waals surface area contributed by atoms with Crippen molar-refractivity contribution < 1.29 is 34.2 Å². The first-order valence-corrected chi connectivity index (χ1v) is 13.7. The second-order valence-corrected chi connectivity index (χ2v) is 9.56. The molecule has 218 valence electrons. The van der Waals surface area contributed by atoms with Crippen LogP contribution >= 0.6 is 11.8 Å². The van der Waals surface area contributed by atoms with Crippen LogP contribution in [0.5, 0.6) is 0 Å². The summed E-state index contributed by atoms with van der Waals surface area (Å²) in [7, 11) is 0. The van der Waals surface area contributed by atoms with Gasteiger partial charge in [0.2, 0.25) is 17.7 Å². The number of guanidine groups is 1. The first-order chi connectivity index (χ1) is 17.9. The second-order valence-electron chi connectivity index (χ2n) is 8.58. The minimum Gasteiger partial charge on any atom is -0.481 e. The van der Waals surface area contributed by atoms with Crippen LogP contribution in [0.3, 0.4) is 0 Å². The van der Waals surface area contributed by atoms with Crippen LogP contribution in [0.15, 0.2) is 4.99 Å². The molecular formula is C22H42N8O7S. The highest BCUT2D eigenvalue weighted by Crippen LogP contribution is 2.07. The van der Waals surface area contributed by atoms with Crippen molar-refractivity contribution in [2.75, 3.05) is 25.1 Å². The Balaban J connectivity index is 5.46. The predicted octanol–water partition coefficient (Wildman–Crippen LogP) is -2.35. The highest BCUT2D eigenvalue weighted by molar-refractivity contribution is 7.98. The molecule has 4 unspecified atom stereocenters. The largest absolute Gasteiger partial charge is 0.481 e. The van der Waals surface area contributed by atoms with Crippen molar-refractivity contribution >= 4 is 47.4 Å². The quantitative estimate of drug-likeness (QED) is 0.0404. The van der Waals surface area contributed by atoms with Crippen LogP contribution in [0.25, 0.3) is 0 Å². The number of amides is 3. The molecule has 4 atom stereocenters. The lowest BCUT2D eigenvalue weighted by atomic mass is 10.1. The summed E-state index contributed by atoms with van der Waals surface area (Å²) in [5.74, 6) is -4.31. The molecule has 0 bridgehead atoms. The Morgan fingerprint density at radius 2 is 1.39 bits per heavy atom. The van der Waals surface area contributed by atoms with Gasteiger partial charge in [0.15, 0.2) is 5.96 Å². The fourth-order valence-corrected chi connectivity index (χ4v) is 3.74. The normalized spacial score (nSPS) is 13.9. The van der Waals surface area contributed by atoms with Crippen LogP contribution in [0, 0.1) is 0 Å². The van der Waals surface area contributed by atoms with Gasteiger partial charge in [-0.15, -0.1) is 0 Å². The van der Waals surface area contributed by atoms with E-state index < -0.39 is 60.2 Å². The third kappa shape index (κ3) is 15.9. The highest BCUT2D eigenvalue weighted by atomic mass is 32.2. The number of hydrogen-bond donors (Lipinski definition) is 9. The van der Waals surface area contributed by atoms with E-state index in [9.17, 15) is 29.1 Å². The molecule has 0 aromatic rings. The number of thioether (sulfide) groups is 1. The number of unbranched alkanes of at least 4 members (excludes halogenated alkanes) is 1. The number of nitrogens with two attached hydrogens (primary N) is 4. The van der Waals surface area contributed by atoms with Crippen LogP contribution in [0.4, 0.5) is 0 Å². The summed E-state index contributed by atoms with van der Waals surface area (Å²) < 4.78 is 0. The average molecular weight is 563 g/mol. The monoisotopic (exact) mass is 562 g/mol. The lowest BCUT2D eigenvalue weighted by Crippen LogP contribution is -2.57. The van der Waals surface area contributed by atoms with E-state index in [2.05, 4.69) is 20.9 Å². The van der Waals surface area contributed by atoms with Gasteiger partial charge >= 0.3 is 11.9 Å². The van der Waals surface area contributed by atoms with Crippen LogP contribution in [0.2, 0.25) is 0 Å². The zero-order chi connectivity index (χ0) is 29.1. The van der Waals surface area contributed by atoms with Crippen molar-refractivity contribution in [2.45, 2.75) is 75.5 Å². The average Bonchev–Trinajstić information content (AvgIpc) is 2.85. The van der Waals surface area contributed by atoms with Gasteiger partial charge in [-0.2, -0.15) is 11.8 Å². The Hall–Kier alpha value is -3.11. The number of carboxylic acids is 2. The second kappa shape index (κ2) is 19.9. The van der Waals surface area contributed by atoms with Crippen molar-refractivity contribution in [3.8, 4) is 0 Å². The number of nitrogens with one attached hydrogen (secondary N) is 3. The summed E-state index contributed by atoms with van der Waals surface area (Å²) in [5, 5.41) is 25.9. The molecule has 0 heterocycles. The molecular weight excluding hydrogens is 520 g/mol. The third-order valence-electron chi connectivity index (χ3n) is 5.39. The van der Waals surface area contributed by atoms with Crippen molar-refractivity contribution in [1.82, 2.24) is 16.0 Å². The summed E-state index contributed by atoms with van der Waals surface area (Å²) in [4.78, 5) is 65.0. The Labute approximate surface area is 226 Å². The van der Waals surface area contributed by atoms with Gasteiger partial charge in [0, 0.05) is 13.0 Å². The summed E-state index contributed by atoms with van der Waals surface area (Å²) in [6.07, 6.45) is 3.24. The van der Waals surface area contributed by atoms with Crippen molar-refractivity contribution in [3.63, 3.8) is 0 Å². The maximum atomic E-state index is 13.0. The van der Waals surface area contributed by atoms with Crippen molar-refractivity contribution in [2.24, 2.45) is 27.9 Å². The van der Waals surface area contributed by atoms with Gasteiger partial charge in [-0.3, -0.25) is 24.2 Å². The van der Waals surface area contributed by atoms with E-state index in [1.807, 2.05) is 6.26 Å². The van der Waals surface area contributed by atoms with E-state index >= 15 is 0 Å². The van der Waals surface area contributed by atoms with Crippen LogP contribution < -0.4 is 38.9 Å². The molecule has 13 N–H and O–H groups in total. The summed E-state index contributed by atoms with van der Waals surface area (Å²) in [6, 6.07) is -4.57. The Kier molecular flexibility index (Phi) is 18.3. The first-order valence-electron chi connectivity index (χ1n) is 12.3. The predicted molar refractivity (Wildman–Crippen MR) is 144 cm³/mol. The van der Waals surface area contributed by atoms with Gasteiger partial charge in [0.25, 0.3) is 0 Å². The van der Waals surface area contributed by atoms with E-state index in [1.54, 1.807) is 0 Å². The number of aliphatic carboxylic acids is 2. The molecule has 0 rings (SSSR count). The maximum Gasteiger partial charge on any atom is 0.326 e. The maximum absolute atomic E-state index is 13.0. The van der Waals surface area contributed by atoms with Gasteiger partial charge in [-0.05, 0) is 57.1 Å². The number of rotatable bonds is 21. The van der Waals surface area contributed by atoms with Crippen LogP contribution in [0.1, 0.15) is 51.4 Å². The molecule has 0 aromatic heterocycles. The Morgan fingerprint density at radius 3 is 1.92 bits per heavy atom. The molecule has 0 aromatic carbocycles. The Bertz CT molecular complexity index is 811. The minimum atomic E-state index is -1.36. The first kappa shape index (κ1) is 34.9. The lowest BCUT2D eigenvalue weighted by Gasteiger charge is -2.25. The molecule has 0 fully saturated rings. The lowest BCUT2D eigenvalue weighted by molar-refractivity contribution is -0.143.